The standard InChI is InChI=1S/C17H25N3O3S/c1-17(2,3)23-16(22)20-9-7-11(8-10-20)14(21)19-15-18-12-5-4-6-13(12)24-15/h11H,4-10H2,1-3H3,(H,18,19,21). The van der Waals surface area contributed by atoms with Crippen molar-refractivity contribution in [2.75, 3.05) is 18.4 Å². The van der Waals surface area contributed by atoms with Gasteiger partial charge < -0.3 is 15.0 Å². The number of fused-ring (bicyclic) bond motifs is 1. The zero-order valence-electron chi connectivity index (χ0n) is 14.6. The van der Waals surface area contributed by atoms with Crippen LogP contribution in [0.3, 0.4) is 0 Å². The van der Waals surface area contributed by atoms with E-state index in [0.29, 0.717) is 25.9 Å². The summed E-state index contributed by atoms with van der Waals surface area (Å²) in [5, 5.41) is 3.68. The van der Waals surface area contributed by atoms with Gasteiger partial charge in [0.25, 0.3) is 0 Å². The molecule has 3 rings (SSSR count). The second kappa shape index (κ2) is 6.70. The Kier molecular flexibility index (Phi) is 4.80. The second-order valence-corrected chi connectivity index (χ2v) is 8.56. The van der Waals surface area contributed by atoms with Gasteiger partial charge in [-0.05, 0) is 52.9 Å². The molecule has 1 aromatic heterocycles. The number of thiazole rings is 1. The molecule has 0 saturated carbocycles. The number of hydrogen-bond donors (Lipinski definition) is 1. The molecule has 1 saturated heterocycles. The molecule has 6 nitrogen and oxygen atoms in total. The van der Waals surface area contributed by atoms with E-state index in [9.17, 15) is 9.59 Å². The number of aryl methyl sites for hydroxylation is 2. The van der Waals surface area contributed by atoms with Gasteiger partial charge in [-0.25, -0.2) is 9.78 Å². The van der Waals surface area contributed by atoms with E-state index in [1.165, 1.54) is 11.3 Å². The van der Waals surface area contributed by atoms with E-state index in [0.717, 1.165) is 23.7 Å². The fourth-order valence-corrected chi connectivity index (χ4v) is 4.15. The summed E-state index contributed by atoms with van der Waals surface area (Å²) in [4.78, 5) is 32.0. The van der Waals surface area contributed by atoms with Gasteiger partial charge in [-0.15, -0.1) is 11.3 Å². The minimum atomic E-state index is -0.490. The molecule has 132 valence electrons. The zero-order chi connectivity index (χ0) is 17.3. The number of anilines is 1. The molecule has 7 heteroatoms. The molecule has 1 aliphatic heterocycles. The van der Waals surface area contributed by atoms with Crippen LogP contribution in [0.25, 0.3) is 0 Å². The van der Waals surface area contributed by atoms with Gasteiger partial charge in [0.15, 0.2) is 5.13 Å². The van der Waals surface area contributed by atoms with E-state index in [1.807, 2.05) is 20.8 Å². The number of carbonyl (C=O) groups excluding carboxylic acids is 2. The number of rotatable bonds is 2. The van der Waals surface area contributed by atoms with Gasteiger partial charge in [-0.2, -0.15) is 0 Å². The molecule has 1 aromatic rings. The lowest BCUT2D eigenvalue weighted by Crippen LogP contribution is -2.43. The molecule has 1 N–H and O–H groups in total. The lowest BCUT2D eigenvalue weighted by atomic mass is 9.96. The van der Waals surface area contributed by atoms with Crippen molar-refractivity contribution < 1.29 is 14.3 Å². The van der Waals surface area contributed by atoms with Crippen LogP contribution in [-0.2, 0) is 22.4 Å². The number of hydrogen-bond acceptors (Lipinski definition) is 5. The Morgan fingerprint density at radius 2 is 1.96 bits per heavy atom. The molecule has 0 unspecified atom stereocenters. The highest BCUT2D eigenvalue weighted by Gasteiger charge is 2.30. The summed E-state index contributed by atoms with van der Waals surface area (Å²) in [5.41, 5.74) is 0.659. The van der Waals surface area contributed by atoms with E-state index in [4.69, 9.17) is 4.74 Å². The van der Waals surface area contributed by atoms with Crippen molar-refractivity contribution in [2.45, 2.75) is 58.5 Å². The summed E-state index contributed by atoms with van der Waals surface area (Å²) in [6.07, 6.45) is 4.31. The maximum atomic E-state index is 12.4. The number of nitrogens with zero attached hydrogens (tertiary/aromatic N) is 2. The zero-order valence-corrected chi connectivity index (χ0v) is 15.4. The number of amides is 2. The second-order valence-electron chi connectivity index (χ2n) is 7.47. The van der Waals surface area contributed by atoms with Crippen molar-refractivity contribution >= 4 is 28.5 Å². The Bertz CT molecular complexity index is 606. The highest BCUT2D eigenvalue weighted by Crippen LogP contribution is 2.31. The van der Waals surface area contributed by atoms with Crippen LogP contribution in [0.2, 0.25) is 0 Å². The van der Waals surface area contributed by atoms with Gasteiger partial charge >= 0.3 is 6.09 Å². The molecule has 0 aromatic carbocycles. The van der Waals surface area contributed by atoms with E-state index < -0.39 is 5.60 Å². The summed E-state index contributed by atoms with van der Waals surface area (Å²) in [7, 11) is 0. The molecule has 0 radical (unpaired) electrons. The fourth-order valence-electron chi connectivity index (χ4n) is 3.10. The lowest BCUT2D eigenvalue weighted by Gasteiger charge is -2.32. The normalized spacial score (nSPS) is 18.4. The Labute approximate surface area is 146 Å². The summed E-state index contributed by atoms with van der Waals surface area (Å²) < 4.78 is 5.38. The summed E-state index contributed by atoms with van der Waals surface area (Å²) in [6.45, 7) is 6.69. The number of aromatic nitrogens is 1. The van der Waals surface area contributed by atoms with Crippen LogP contribution >= 0.6 is 11.3 Å². The average molecular weight is 351 g/mol. The predicted octanol–water partition coefficient (Wildman–Crippen LogP) is 3.22. The van der Waals surface area contributed by atoms with E-state index in [1.54, 1.807) is 16.2 Å². The van der Waals surface area contributed by atoms with Crippen molar-refractivity contribution in [3.05, 3.63) is 10.6 Å². The largest absolute Gasteiger partial charge is 0.444 e. The smallest absolute Gasteiger partial charge is 0.410 e. The van der Waals surface area contributed by atoms with Gasteiger partial charge in [-0.1, -0.05) is 0 Å². The quantitative estimate of drug-likeness (QED) is 0.888. The number of carbonyl (C=O) groups is 2. The number of likely N-dealkylation sites (tertiary alicyclic amines) is 1. The van der Waals surface area contributed by atoms with Crippen molar-refractivity contribution in [1.82, 2.24) is 9.88 Å². The van der Waals surface area contributed by atoms with Gasteiger partial charge in [0.1, 0.15) is 5.60 Å². The number of nitrogens with one attached hydrogen (secondary N) is 1. The molecule has 0 bridgehead atoms. The third-order valence-electron chi connectivity index (χ3n) is 4.34. The molecule has 0 atom stereocenters. The van der Waals surface area contributed by atoms with E-state index in [-0.39, 0.29) is 17.9 Å². The summed E-state index contributed by atoms with van der Waals surface area (Å²) >= 11 is 1.60. The lowest BCUT2D eigenvalue weighted by molar-refractivity contribution is -0.121. The SMILES string of the molecule is CC(C)(C)OC(=O)N1CCC(C(=O)Nc2nc3c(s2)CCC3)CC1. The summed E-state index contributed by atoms with van der Waals surface area (Å²) in [5.74, 6) is -0.0475. The van der Waals surface area contributed by atoms with Gasteiger partial charge in [0.2, 0.25) is 5.91 Å². The molecule has 0 spiro atoms. The Morgan fingerprint density at radius 1 is 1.25 bits per heavy atom. The first-order chi connectivity index (χ1) is 11.3. The van der Waals surface area contributed by atoms with Crippen molar-refractivity contribution in [2.24, 2.45) is 5.92 Å². The first-order valence-corrected chi connectivity index (χ1v) is 9.41. The van der Waals surface area contributed by atoms with Crippen molar-refractivity contribution in [3.8, 4) is 0 Å². The van der Waals surface area contributed by atoms with E-state index in [2.05, 4.69) is 10.3 Å². The highest BCUT2D eigenvalue weighted by molar-refractivity contribution is 7.15. The van der Waals surface area contributed by atoms with Crippen LogP contribution in [0.5, 0.6) is 0 Å². The maximum Gasteiger partial charge on any atom is 0.410 e. The van der Waals surface area contributed by atoms with Crippen LogP contribution < -0.4 is 5.32 Å². The average Bonchev–Trinajstić information content (AvgIpc) is 3.06. The van der Waals surface area contributed by atoms with E-state index >= 15 is 0 Å². The van der Waals surface area contributed by atoms with Crippen molar-refractivity contribution in [3.63, 3.8) is 0 Å². The topological polar surface area (TPSA) is 71.5 Å². The molecule has 1 fully saturated rings. The molecule has 1 aliphatic carbocycles. The third-order valence-corrected chi connectivity index (χ3v) is 5.42. The highest BCUT2D eigenvalue weighted by atomic mass is 32.1. The number of piperidine rings is 1. The van der Waals surface area contributed by atoms with Crippen LogP contribution in [0.15, 0.2) is 0 Å². The monoisotopic (exact) mass is 351 g/mol. The predicted molar refractivity (Wildman–Crippen MR) is 93.3 cm³/mol. The molecular weight excluding hydrogens is 326 g/mol. The van der Waals surface area contributed by atoms with Gasteiger partial charge in [0.05, 0.1) is 5.69 Å². The van der Waals surface area contributed by atoms with Crippen LogP contribution in [0.1, 0.15) is 50.6 Å². The fraction of sp³-hybridized carbons (Fsp3) is 0.706. The first-order valence-electron chi connectivity index (χ1n) is 8.59. The van der Waals surface area contributed by atoms with Crippen LogP contribution in [-0.4, -0.2) is 40.6 Å². The molecule has 24 heavy (non-hydrogen) atoms. The third kappa shape index (κ3) is 4.06. The van der Waals surface area contributed by atoms with Gasteiger partial charge in [0, 0.05) is 23.9 Å². The first kappa shape index (κ1) is 17.2. The Balaban J connectivity index is 1.49. The summed E-state index contributed by atoms with van der Waals surface area (Å²) in [6, 6.07) is 0. The Hall–Kier alpha value is -1.63. The molecule has 2 aliphatic rings. The Morgan fingerprint density at radius 3 is 2.58 bits per heavy atom. The maximum absolute atomic E-state index is 12.4. The van der Waals surface area contributed by atoms with Crippen LogP contribution in [0, 0.1) is 5.92 Å². The minimum absolute atomic E-state index is 0.0197. The van der Waals surface area contributed by atoms with Gasteiger partial charge in [-0.3, -0.25) is 4.79 Å². The minimum Gasteiger partial charge on any atom is -0.444 e. The molecule has 2 amide bonds. The van der Waals surface area contributed by atoms with Crippen molar-refractivity contribution in [1.29, 1.82) is 0 Å². The van der Waals surface area contributed by atoms with Crippen LogP contribution in [0.4, 0.5) is 9.93 Å². The molecular formula is C17H25N3O3S. The molecule has 2 heterocycles. The number of ether oxygens (including phenoxy) is 1.